The lowest BCUT2D eigenvalue weighted by Crippen LogP contribution is -2.39. The van der Waals surface area contributed by atoms with Crippen molar-refractivity contribution in [3.63, 3.8) is 0 Å². The maximum atomic E-state index is 12.8. The lowest BCUT2D eigenvalue weighted by molar-refractivity contribution is -0.132. The molecule has 29 heavy (non-hydrogen) atoms. The first-order valence-electron chi connectivity index (χ1n) is 9.81. The van der Waals surface area contributed by atoms with Gasteiger partial charge in [-0.3, -0.25) is 9.48 Å². The van der Waals surface area contributed by atoms with Crippen LogP contribution in [0.25, 0.3) is 0 Å². The quantitative estimate of drug-likeness (QED) is 0.702. The second-order valence-electron chi connectivity index (χ2n) is 7.33. The van der Waals surface area contributed by atoms with Crippen molar-refractivity contribution in [3.8, 4) is 5.75 Å². The molecule has 6 nitrogen and oxygen atoms in total. The molecule has 0 bridgehead atoms. The Hall–Kier alpha value is -3.12. The van der Waals surface area contributed by atoms with Gasteiger partial charge in [0.2, 0.25) is 5.91 Å². The molecule has 1 aliphatic heterocycles. The Morgan fingerprint density at radius 3 is 2.69 bits per heavy atom. The summed E-state index contributed by atoms with van der Waals surface area (Å²) in [6.07, 6.45) is 0.210. The highest BCUT2D eigenvalue weighted by Crippen LogP contribution is 2.22. The number of rotatable bonds is 6. The Morgan fingerprint density at radius 2 is 1.90 bits per heavy atom. The number of methoxy groups -OCH3 is 1. The Kier molecular flexibility index (Phi) is 5.62. The third-order valence-electron chi connectivity index (χ3n) is 5.27. The molecule has 4 rings (SSSR count). The van der Waals surface area contributed by atoms with Crippen LogP contribution in [0.2, 0.25) is 0 Å². The van der Waals surface area contributed by atoms with Gasteiger partial charge in [0, 0.05) is 13.0 Å². The van der Waals surface area contributed by atoms with Gasteiger partial charge >= 0.3 is 0 Å². The number of benzene rings is 2. The molecule has 0 aliphatic carbocycles. The van der Waals surface area contributed by atoms with E-state index in [4.69, 9.17) is 4.74 Å². The van der Waals surface area contributed by atoms with Gasteiger partial charge in [0.1, 0.15) is 11.9 Å². The van der Waals surface area contributed by atoms with Crippen LogP contribution in [0.5, 0.6) is 5.75 Å². The minimum Gasteiger partial charge on any atom is -0.497 e. The van der Waals surface area contributed by atoms with E-state index in [2.05, 4.69) is 5.10 Å². The van der Waals surface area contributed by atoms with Crippen LogP contribution in [0.15, 0.2) is 60.7 Å². The number of carbonyl (C=O) groups excluding carboxylic acids is 1. The van der Waals surface area contributed by atoms with E-state index < -0.39 is 6.10 Å². The lowest BCUT2D eigenvalue weighted by atomic mass is 10.1. The standard InChI is InChI=1S/C23H25N3O3/c1-29-20-9-5-8-18(12-20)14-23(28)25-10-11-26-19(16-25)15-21(24-26)22(27)13-17-6-3-2-4-7-17/h2-9,12,15,22,27H,10-11,13-14,16H2,1H3. The van der Waals surface area contributed by atoms with Crippen LogP contribution in [-0.2, 0) is 30.7 Å². The molecule has 1 N–H and O–H groups in total. The number of aliphatic hydroxyl groups excluding tert-OH is 1. The van der Waals surface area contributed by atoms with Crippen LogP contribution in [0.1, 0.15) is 28.6 Å². The largest absolute Gasteiger partial charge is 0.497 e. The number of aliphatic hydroxyl groups is 1. The average molecular weight is 391 g/mol. The number of ether oxygens (including phenoxy) is 1. The van der Waals surface area contributed by atoms with Gasteiger partial charge < -0.3 is 14.7 Å². The first kappa shape index (κ1) is 19.2. The highest BCUT2D eigenvalue weighted by Gasteiger charge is 2.24. The molecule has 0 fully saturated rings. The van der Waals surface area contributed by atoms with Gasteiger partial charge in [0.25, 0.3) is 0 Å². The second kappa shape index (κ2) is 8.49. The van der Waals surface area contributed by atoms with E-state index >= 15 is 0 Å². The van der Waals surface area contributed by atoms with Gasteiger partial charge in [-0.25, -0.2) is 0 Å². The van der Waals surface area contributed by atoms with Gasteiger partial charge in [0.15, 0.2) is 0 Å². The summed E-state index contributed by atoms with van der Waals surface area (Å²) in [5.74, 6) is 0.834. The molecule has 0 radical (unpaired) electrons. The maximum absolute atomic E-state index is 12.8. The molecule has 1 amide bonds. The smallest absolute Gasteiger partial charge is 0.227 e. The predicted molar refractivity (Wildman–Crippen MR) is 109 cm³/mol. The highest BCUT2D eigenvalue weighted by molar-refractivity contribution is 5.79. The number of aromatic nitrogens is 2. The summed E-state index contributed by atoms with van der Waals surface area (Å²) in [6.45, 7) is 1.76. The van der Waals surface area contributed by atoms with Crippen molar-refractivity contribution in [1.82, 2.24) is 14.7 Å². The lowest BCUT2D eigenvalue weighted by Gasteiger charge is -2.27. The fourth-order valence-electron chi connectivity index (χ4n) is 3.68. The highest BCUT2D eigenvalue weighted by atomic mass is 16.5. The van der Waals surface area contributed by atoms with Crippen LogP contribution in [0.3, 0.4) is 0 Å². The zero-order chi connectivity index (χ0) is 20.2. The molecule has 150 valence electrons. The predicted octanol–water partition coefficient (Wildman–Crippen LogP) is 2.75. The van der Waals surface area contributed by atoms with Crippen LogP contribution in [0.4, 0.5) is 0 Å². The van der Waals surface area contributed by atoms with E-state index in [1.165, 1.54) is 0 Å². The summed E-state index contributed by atoms with van der Waals surface area (Å²) in [5, 5.41) is 15.1. The molecule has 1 aliphatic rings. The minimum absolute atomic E-state index is 0.0806. The average Bonchev–Trinajstić information content (AvgIpc) is 3.18. The molecule has 6 heteroatoms. The molecule has 1 unspecified atom stereocenters. The molecule has 0 spiro atoms. The van der Waals surface area contributed by atoms with Gasteiger partial charge in [-0.1, -0.05) is 42.5 Å². The molecular formula is C23H25N3O3. The van der Waals surface area contributed by atoms with Crippen molar-refractivity contribution in [3.05, 3.63) is 83.2 Å². The Balaban J connectivity index is 1.41. The number of hydrogen-bond donors (Lipinski definition) is 1. The zero-order valence-electron chi connectivity index (χ0n) is 16.5. The molecule has 2 heterocycles. The molecule has 0 saturated carbocycles. The fraction of sp³-hybridized carbons (Fsp3) is 0.304. The third kappa shape index (κ3) is 4.49. The van der Waals surface area contributed by atoms with E-state index in [1.807, 2.05) is 70.2 Å². The Bertz CT molecular complexity index is 984. The summed E-state index contributed by atoms with van der Waals surface area (Å²) < 4.78 is 7.14. The minimum atomic E-state index is -0.656. The Labute approximate surface area is 170 Å². The van der Waals surface area contributed by atoms with E-state index in [0.29, 0.717) is 38.2 Å². The first-order valence-corrected chi connectivity index (χ1v) is 9.81. The SMILES string of the molecule is COc1cccc(CC(=O)N2CCn3nc(C(O)Cc4ccccc4)cc3C2)c1. The molecule has 2 aromatic carbocycles. The monoisotopic (exact) mass is 391 g/mol. The maximum Gasteiger partial charge on any atom is 0.227 e. The van der Waals surface area contributed by atoms with E-state index in [1.54, 1.807) is 7.11 Å². The summed E-state index contributed by atoms with van der Waals surface area (Å²) in [5.41, 5.74) is 3.62. The molecular weight excluding hydrogens is 366 g/mol. The van der Waals surface area contributed by atoms with Gasteiger partial charge in [-0.2, -0.15) is 5.10 Å². The van der Waals surface area contributed by atoms with Crippen molar-refractivity contribution < 1.29 is 14.6 Å². The van der Waals surface area contributed by atoms with Crippen LogP contribution < -0.4 is 4.74 Å². The van der Waals surface area contributed by atoms with E-state index in [-0.39, 0.29) is 5.91 Å². The number of carbonyl (C=O) groups is 1. The van der Waals surface area contributed by atoms with Gasteiger partial charge in [0.05, 0.1) is 38.0 Å². The van der Waals surface area contributed by atoms with Crippen molar-refractivity contribution in [2.45, 2.75) is 32.0 Å². The van der Waals surface area contributed by atoms with Crippen LogP contribution in [-0.4, -0.2) is 39.3 Å². The molecule has 1 aromatic heterocycles. The molecule has 0 saturated heterocycles. The van der Waals surface area contributed by atoms with Crippen molar-refractivity contribution in [1.29, 1.82) is 0 Å². The summed E-state index contributed by atoms with van der Waals surface area (Å²) in [6, 6.07) is 19.4. The zero-order valence-corrected chi connectivity index (χ0v) is 16.5. The van der Waals surface area contributed by atoms with E-state index in [0.717, 1.165) is 22.6 Å². The number of hydrogen-bond acceptors (Lipinski definition) is 4. The van der Waals surface area contributed by atoms with Gasteiger partial charge in [-0.05, 0) is 29.3 Å². The second-order valence-corrected chi connectivity index (χ2v) is 7.33. The normalized spacial score (nSPS) is 14.3. The van der Waals surface area contributed by atoms with Crippen LogP contribution >= 0.6 is 0 Å². The number of nitrogens with zero attached hydrogens (tertiary/aromatic N) is 3. The summed E-state index contributed by atoms with van der Waals surface area (Å²) >= 11 is 0. The topological polar surface area (TPSA) is 67.6 Å². The van der Waals surface area contributed by atoms with Crippen molar-refractivity contribution in [2.75, 3.05) is 13.7 Å². The van der Waals surface area contributed by atoms with E-state index in [9.17, 15) is 9.90 Å². The van der Waals surface area contributed by atoms with Crippen molar-refractivity contribution in [2.24, 2.45) is 0 Å². The number of fused-ring (bicyclic) bond motifs is 1. The van der Waals surface area contributed by atoms with Crippen LogP contribution in [0, 0.1) is 0 Å². The summed E-state index contributed by atoms with van der Waals surface area (Å²) in [7, 11) is 1.62. The fourth-order valence-corrected chi connectivity index (χ4v) is 3.68. The first-order chi connectivity index (χ1) is 14.1. The third-order valence-corrected chi connectivity index (χ3v) is 5.27. The van der Waals surface area contributed by atoms with Gasteiger partial charge in [-0.15, -0.1) is 0 Å². The van der Waals surface area contributed by atoms with Crippen molar-refractivity contribution >= 4 is 5.91 Å². The summed E-state index contributed by atoms with van der Waals surface area (Å²) in [4.78, 5) is 14.6. The number of amides is 1. The molecule has 3 aromatic rings. The molecule has 1 atom stereocenters. The Morgan fingerprint density at radius 1 is 1.10 bits per heavy atom.